The van der Waals surface area contributed by atoms with E-state index >= 15 is 0 Å². The highest BCUT2D eigenvalue weighted by atomic mass is 32.2. The Balaban J connectivity index is 3.17. The minimum atomic E-state index is 0.358. The lowest BCUT2D eigenvalue weighted by Crippen LogP contribution is -2.26. The SMILES string of the molecule is CCCC[C@H](Sc1c(C(C)C)cccc1C(C)C)[C@@H](CCCC)OC. The largest absolute Gasteiger partial charge is 0.380 e. The molecule has 0 unspecified atom stereocenters. The molecular formula is C23H40OS. The molecule has 144 valence electrons. The maximum Gasteiger partial charge on any atom is 0.0693 e. The van der Waals surface area contributed by atoms with Crippen LogP contribution in [0, 0.1) is 0 Å². The van der Waals surface area contributed by atoms with Crippen LogP contribution in [0.15, 0.2) is 23.1 Å². The second kappa shape index (κ2) is 12.0. The summed E-state index contributed by atoms with van der Waals surface area (Å²) in [4.78, 5) is 1.52. The zero-order valence-corrected chi connectivity index (χ0v) is 18.4. The lowest BCUT2D eigenvalue weighted by atomic mass is 9.95. The van der Waals surface area contributed by atoms with Crippen molar-refractivity contribution in [1.82, 2.24) is 0 Å². The van der Waals surface area contributed by atoms with Crippen molar-refractivity contribution >= 4 is 11.8 Å². The summed E-state index contributed by atoms with van der Waals surface area (Å²) in [6.45, 7) is 13.8. The molecule has 0 aromatic heterocycles. The Labute approximate surface area is 161 Å². The quantitative estimate of drug-likeness (QED) is 0.350. The minimum absolute atomic E-state index is 0.358. The first-order valence-electron chi connectivity index (χ1n) is 10.3. The van der Waals surface area contributed by atoms with E-state index in [0.29, 0.717) is 23.2 Å². The summed E-state index contributed by atoms with van der Waals surface area (Å²) in [5.74, 6) is 1.12. The molecule has 0 bridgehead atoms. The van der Waals surface area contributed by atoms with E-state index in [4.69, 9.17) is 4.74 Å². The number of benzene rings is 1. The number of thioether (sulfide) groups is 1. The van der Waals surface area contributed by atoms with E-state index in [0.717, 1.165) is 0 Å². The zero-order chi connectivity index (χ0) is 18.8. The molecule has 0 aliphatic carbocycles. The van der Waals surface area contributed by atoms with Crippen LogP contribution >= 0.6 is 11.8 Å². The summed E-state index contributed by atoms with van der Waals surface area (Å²) in [6.07, 6.45) is 7.81. The monoisotopic (exact) mass is 364 g/mol. The van der Waals surface area contributed by atoms with Crippen LogP contribution in [0.3, 0.4) is 0 Å². The van der Waals surface area contributed by atoms with Gasteiger partial charge in [-0.3, -0.25) is 0 Å². The van der Waals surface area contributed by atoms with Gasteiger partial charge in [-0.2, -0.15) is 0 Å². The normalized spacial score (nSPS) is 14.3. The van der Waals surface area contributed by atoms with Crippen molar-refractivity contribution in [2.24, 2.45) is 0 Å². The third kappa shape index (κ3) is 6.98. The second-order valence-corrected chi connectivity index (χ2v) is 9.04. The maximum atomic E-state index is 5.96. The first-order chi connectivity index (χ1) is 12.0. The predicted molar refractivity (Wildman–Crippen MR) is 114 cm³/mol. The smallest absolute Gasteiger partial charge is 0.0693 e. The maximum absolute atomic E-state index is 5.96. The fourth-order valence-electron chi connectivity index (χ4n) is 3.36. The van der Waals surface area contributed by atoms with Crippen molar-refractivity contribution in [1.29, 1.82) is 0 Å². The Bertz CT molecular complexity index is 455. The van der Waals surface area contributed by atoms with Gasteiger partial charge in [-0.25, -0.2) is 0 Å². The van der Waals surface area contributed by atoms with Crippen LogP contribution in [0.25, 0.3) is 0 Å². The van der Waals surface area contributed by atoms with Gasteiger partial charge in [0.1, 0.15) is 0 Å². The van der Waals surface area contributed by atoms with E-state index in [1.807, 2.05) is 7.11 Å². The van der Waals surface area contributed by atoms with E-state index in [2.05, 4.69) is 71.5 Å². The van der Waals surface area contributed by atoms with Gasteiger partial charge in [0, 0.05) is 17.3 Å². The van der Waals surface area contributed by atoms with Crippen molar-refractivity contribution < 1.29 is 4.74 Å². The molecule has 2 heteroatoms. The number of hydrogen-bond donors (Lipinski definition) is 0. The molecule has 1 rings (SSSR count). The molecule has 0 aliphatic heterocycles. The van der Waals surface area contributed by atoms with Crippen LogP contribution in [0.2, 0.25) is 0 Å². The average molecular weight is 365 g/mol. The Morgan fingerprint density at radius 1 is 0.880 bits per heavy atom. The Kier molecular flexibility index (Phi) is 10.8. The predicted octanol–water partition coefficient (Wildman–Crippen LogP) is 7.79. The van der Waals surface area contributed by atoms with Crippen molar-refractivity contribution in [2.45, 2.75) is 108 Å². The molecule has 25 heavy (non-hydrogen) atoms. The van der Waals surface area contributed by atoms with E-state index in [9.17, 15) is 0 Å². The second-order valence-electron chi connectivity index (χ2n) is 7.79. The lowest BCUT2D eigenvalue weighted by molar-refractivity contribution is 0.0887. The van der Waals surface area contributed by atoms with Crippen LogP contribution in [0.4, 0.5) is 0 Å². The Hall–Kier alpha value is -0.470. The zero-order valence-electron chi connectivity index (χ0n) is 17.6. The van der Waals surface area contributed by atoms with Crippen molar-refractivity contribution in [3.05, 3.63) is 29.3 Å². The van der Waals surface area contributed by atoms with E-state index in [-0.39, 0.29) is 0 Å². The standard InChI is InChI=1S/C23H40OS/c1-8-10-15-21(24-7)22(16-11-9-2)25-23-19(17(3)4)13-12-14-20(23)18(5)6/h12-14,17-18,21-22H,8-11,15-16H2,1-7H3/t21-,22+/m1/s1. The summed E-state index contributed by atoms with van der Waals surface area (Å²) in [6, 6.07) is 6.88. The van der Waals surface area contributed by atoms with E-state index < -0.39 is 0 Å². The molecule has 0 N–H and O–H groups in total. The summed E-state index contributed by atoms with van der Waals surface area (Å²) < 4.78 is 5.96. The van der Waals surface area contributed by atoms with Gasteiger partial charge in [0.2, 0.25) is 0 Å². The van der Waals surface area contributed by atoms with Crippen molar-refractivity contribution in [2.75, 3.05) is 7.11 Å². The molecule has 1 aromatic rings. The third-order valence-electron chi connectivity index (χ3n) is 4.99. The van der Waals surface area contributed by atoms with Gasteiger partial charge in [-0.1, -0.05) is 85.4 Å². The molecule has 0 saturated carbocycles. The van der Waals surface area contributed by atoms with Crippen LogP contribution in [-0.4, -0.2) is 18.5 Å². The van der Waals surface area contributed by atoms with Crippen molar-refractivity contribution in [3.8, 4) is 0 Å². The number of methoxy groups -OCH3 is 1. The first-order valence-corrected chi connectivity index (χ1v) is 11.2. The molecule has 0 aliphatic rings. The summed E-state index contributed by atoms with van der Waals surface area (Å²) >= 11 is 2.10. The number of hydrogen-bond acceptors (Lipinski definition) is 2. The fraction of sp³-hybridized carbons (Fsp3) is 0.739. The number of unbranched alkanes of at least 4 members (excludes halogenated alkanes) is 2. The third-order valence-corrected chi connectivity index (χ3v) is 6.54. The summed E-state index contributed by atoms with van der Waals surface area (Å²) in [7, 11) is 1.90. The molecule has 0 saturated heterocycles. The molecule has 0 fully saturated rings. The highest BCUT2D eigenvalue weighted by Crippen LogP contribution is 2.40. The van der Waals surface area contributed by atoms with E-state index in [1.165, 1.54) is 54.5 Å². The molecule has 0 heterocycles. The summed E-state index contributed by atoms with van der Waals surface area (Å²) in [5, 5.41) is 0.550. The Morgan fingerprint density at radius 2 is 1.40 bits per heavy atom. The molecule has 1 nitrogen and oxygen atoms in total. The topological polar surface area (TPSA) is 9.23 Å². The van der Waals surface area contributed by atoms with Gasteiger partial charge in [0.15, 0.2) is 0 Å². The lowest BCUT2D eigenvalue weighted by Gasteiger charge is -2.29. The van der Waals surface area contributed by atoms with Crippen LogP contribution in [0.5, 0.6) is 0 Å². The number of rotatable bonds is 12. The van der Waals surface area contributed by atoms with E-state index in [1.54, 1.807) is 0 Å². The highest BCUT2D eigenvalue weighted by molar-refractivity contribution is 8.00. The van der Waals surface area contributed by atoms with Gasteiger partial charge >= 0.3 is 0 Å². The highest BCUT2D eigenvalue weighted by Gasteiger charge is 2.25. The molecule has 2 atom stereocenters. The van der Waals surface area contributed by atoms with Gasteiger partial charge < -0.3 is 4.74 Å². The van der Waals surface area contributed by atoms with Crippen LogP contribution < -0.4 is 0 Å². The van der Waals surface area contributed by atoms with Gasteiger partial charge in [0.25, 0.3) is 0 Å². The molecule has 1 aromatic carbocycles. The van der Waals surface area contributed by atoms with Gasteiger partial charge in [-0.05, 0) is 35.8 Å². The number of ether oxygens (including phenoxy) is 1. The van der Waals surface area contributed by atoms with Gasteiger partial charge in [0.05, 0.1) is 6.10 Å². The molecular weight excluding hydrogens is 324 g/mol. The van der Waals surface area contributed by atoms with Crippen molar-refractivity contribution in [3.63, 3.8) is 0 Å². The van der Waals surface area contributed by atoms with Crippen LogP contribution in [-0.2, 0) is 4.74 Å². The fourth-order valence-corrected chi connectivity index (χ4v) is 5.22. The summed E-state index contributed by atoms with van der Waals surface area (Å²) in [5.41, 5.74) is 3.01. The molecule has 0 amide bonds. The molecule has 0 radical (unpaired) electrons. The van der Waals surface area contributed by atoms with Gasteiger partial charge in [-0.15, -0.1) is 11.8 Å². The minimum Gasteiger partial charge on any atom is -0.380 e. The first kappa shape index (κ1) is 22.6. The van der Waals surface area contributed by atoms with Crippen LogP contribution in [0.1, 0.15) is 103 Å². The average Bonchev–Trinajstić information content (AvgIpc) is 2.59. The molecule has 0 spiro atoms. The Morgan fingerprint density at radius 3 is 1.84 bits per heavy atom.